The van der Waals surface area contributed by atoms with E-state index in [4.69, 9.17) is 19.8 Å². The Morgan fingerprint density at radius 2 is 1.45 bits per heavy atom. The Morgan fingerprint density at radius 1 is 1.27 bits per heavy atom. The molecule has 0 heterocycles. The van der Waals surface area contributed by atoms with E-state index in [0.717, 1.165) is 5.57 Å². The number of aliphatic carboxylic acids is 2. The predicted molar refractivity (Wildman–Crippen MR) is 40.3 cm³/mol. The molecule has 0 unspecified atom stereocenters. The highest BCUT2D eigenvalue weighted by atomic mass is 16.4. The molecule has 0 saturated heterocycles. The number of rotatable bonds is 1. The van der Waals surface area contributed by atoms with Crippen molar-refractivity contribution in [2.75, 3.05) is 0 Å². The lowest BCUT2D eigenvalue weighted by atomic mass is 10.4. The van der Waals surface area contributed by atoms with Gasteiger partial charge >= 0.3 is 11.9 Å². The lowest BCUT2D eigenvalue weighted by Crippen LogP contribution is -2.09. The molecule has 0 atom stereocenters. The third-order valence-electron chi connectivity index (χ3n) is 0.531. The molecule has 62 valence electrons. The van der Waals surface area contributed by atoms with Crippen LogP contribution in [0.2, 0.25) is 0 Å². The van der Waals surface area contributed by atoms with Crippen LogP contribution >= 0.6 is 0 Å². The van der Waals surface area contributed by atoms with Gasteiger partial charge in [0, 0.05) is 0 Å². The normalized spacial score (nSPS) is 7.00. The first-order valence-electron chi connectivity index (χ1n) is 2.66. The van der Waals surface area contributed by atoms with E-state index in [1.165, 1.54) is 0 Å². The number of hydrogen-bond acceptors (Lipinski definition) is 2. The van der Waals surface area contributed by atoms with Gasteiger partial charge in [-0.25, -0.2) is 9.59 Å². The number of allylic oxidation sites excluding steroid dienone is 2. The van der Waals surface area contributed by atoms with Crippen LogP contribution in [-0.4, -0.2) is 22.2 Å². The van der Waals surface area contributed by atoms with Crippen molar-refractivity contribution in [1.29, 1.82) is 0 Å². The lowest BCUT2D eigenvalue weighted by Gasteiger charge is -1.72. The van der Waals surface area contributed by atoms with Gasteiger partial charge < -0.3 is 10.2 Å². The molecule has 0 radical (unpaired) electrons. The molecule has 0 aliphatic carbocycles. The molecule has 0 aromatic rings. The average Bonchev–Trinajstić information content (AvgIpc) is 1.89. The lowest BCUT2D eigenvalue weighted by molar-refractivity contribution is -0.159. The summed E-state index contributed by atoms with van der Waals surface area (Å²) in [5.74, 6) is -3.65. The fourth-order valence-corrected chi connectivity index (χ4v) is 0. The van der Waals surface area contributed by atoms with Gasteiger partial charge in [0.25, 0.3) is 0 Å². The molecule has 0 aromatic carbocycles. The monoisotopic (exact) mass is 158 g/mol. The van der Waals surface area contributed by atoms with Crippen LogP contribution in [0.25, 0.3) is 0 Å². The molecule has 11 heavy (non-hydrogen) atoms. The van der Waals surface area contributed by atoms with Crippen molar-refractivity contribution in [3.8, 4) is 0 Å². The second kappa shape index (κ2) is 6.54. The Hall–Kier alpha value is -1.58. The minimum atomic E-state index is -1.82. The van der Waals surface area contributed by atoms with Crippen LogP contribution in [-0.2, 0) is 9.59 Å². The Kier molecular flexibility index (Phi) is 7.21. The molecule has 4 nitrogen and oxygen atoms in total. The SMILES string of the molecule is C=CC(=C)C.O=C(O)C(=O)O. The first kappa shape index (κ1) is 12.1. The van der Waals surface area contributed by atoms with Crippen molar-refractivity contribution in [3.05, 3.63) is 24.8 Å². The largest absolute Gasteiger partial charge is 0.473 e. The van der Waals surface area contributed by atoms with Gasteiger partial charge in [-0.15, -0.1) is 0 Å². The maximum Gasteiger partial charge on any atom is 0.414 e. The van der Waals surface area contributed by atoms with Crippen molar-refractivity contribution in [2.45, 2.75) is 6.92 Å². The summed E-state index contributed by atoms with van der Waals surface area (Å²) in [6, 6.07) is 0. The van der Waals surface area contributed by atoms with Crippen LogP contribution in [0.3, 0.4) is 0 Å². The van der Waals surface area contributed by atoms with Crippen LogP contribution in [0.4, 0.5) is 0 Å². The Morgan fingerprint density at radius 3 is 1.45 bits per heavy atom. The smallest absolute Gasteiger partial charge is 0.414 e. The van der Waals surface area contributed by atoms with Gasteiger partial charge in [0.1, 0.15) is 0 Å². The van der Waals surface area contributed by atoms with Crippen LogP contribution < -0.4 is 0 Å². The number of carboxylic acid groups (broad SMARTS) is 2. The zero-order valence-electron chi connectivity index (χ0n) is 6.20. The van der Waals surface area contributed by atoms with E-state index in [0.29, 0.717) is 0 Å². The molecule has 0 amide bonds. The van der Waals surface area contributed by atoms with Gasteiger partial charge in [0.05, 0.1) is 0 Å². The Labute approximate surface area is 64.5 Å². The second-order valence-corrected chi connectivity index (χ2v) is 1.66. The first-order chi connectivity index (χ1) is 4.91. The van der Waals surface area contributed by atoms with Crippen molar-refractivity contribution in [3.63, 3.8) is 0 Å². The van der Waals surface area contributed by atoms with E-state index in [2.05, 4.69) is 13.2 Å². The molecular weight excluding hydrogens is 148 g/mol. The van der Waals surface area contributed by atoms with Gasteiger partial charge in [-0.3, -0.25) is 0 Å². The van der Waals surface area contributed by atoms with E-state index in [1.807, 2.05) is 6.92 Å². The van der Waals surface area contributed by atoms with Crippen molar-refractivity contribution in [2.24, 2.45) is 0 Å². The summed E-state index contributed by atoms with van der Waals surface area (Å²) in [5.41, 5.74) is 1.02. The van der Waals surface area contributed by atoms with Crippen molar-refractivity contribution < 1.29 is 19.8 Å². The standard InChI is InChI=1S/C5H8.C2H2O4/c1-4-5(2)3;3-1(4)2(5)6/h4H,1-2H2,3H3;(H,3,4)(H,5,6). The summed E-state index contributed by atoms with van der Waals surface area (Å²) in [6.07, 6.45) is 1.72. The fourth-order valence-electron chi connectivity index (χ4n) is 0. The quantitative estimate of drug-likeness (QED) is 0.439. The van der Waals surface area contributed by atoms with Crippen LogP contribution in [0.5, 0.6) is 0 Å². The molecule has 0 aliphatic heterocycles. The van der Waals surface area contributed by atoms with Gasteiger partial charge in [-0.2, -0.15) is 0 Å². The number of carbonyl (C=O) groups is 2. The third-order valence-corrected chi connectivity index (χ3v) is 0.531. The molecule has 0 aromatic heterocycles. The Bertz CT molecular complexity index is 169. The molecular formula is C7H10O4. The van der Waals surface area contributed by atoms with Crippen molar-refractivity contribution >= 4 is 11.9 Å². The van der Waals surface area contributed by atoms with E-state index in [9.17, 15) is 0 Å². The average molecular weight is 158 g/mol. The highest BCUT2D eigenvalue weighted by molar-refractivity contribution is 6.27. The molecule has 0 aliphatic rings. The zero-order valence-corrected chi connectivity index (χ0v) is 6.20. The first-order valence-corrected chi connectivity index (χ1v) is 2.66. The Balaban J connectivity index is 0. The van der Waals surface area contributed by atoms with Gasteiger partial charge in [0.15, 0.2) is 0 Å². The minimum Gasteiger partial charge on any atom is -0.473 e. The van der Waals surface area contributed by atoms with Crippen LogP contribution in [0.1, 0.15) is 6.92 Å². The van der Waals surface area contributed by atoms with E-state index >= 15 is 0 Å². The molecule has 2 N–H and O–H groups in total. The van der Waals surface area contributed by atoms with Crippen LogP contribution in [0, 0.1) is 0 Å². The summed E-state index contributed by atoms with van der Waals surface area (Å²) in [7, 11) is 0. The fraction of sp³-hybridized carbons (Fsp3) is 0.143. The topological polar surface area (TPSA) is 74.6 Å². The molecule has 0 rings (SSSR count). The van der Waals surface area contributed by atoms with E-state index < -0.39 is 11.9 Å². The van der Waals surface area contributed by atoms with Crippen LogP contribution in [0.15, 0.2) is 24.8 Å². The third kappa shape index (κ3) is 17.8. The summed E-state index contributed by atoms with van der Waals surface area (Å²) >= 11 is 0. The van der Waals surface area contributed by atoms with Crippen molar-refractivity contribution in [1.82, 2.24) is 0 Å². The highest BCUT2D eigenvalue weighted by Crippen LogP contribution is 1.81. The van der Waals surface area contributed by atoms with Gasteiger partial charge in [-0.1, -0.05) is 24.8 Å². The summed E-state index contributed by atoms with van der Waals surface area (Å²) in [5, 5.41) is 14.8. The van der Waals surface area contributed by atoms with E-state index in [1.54, 1.807) is 6.08 Å². The second-order valence-electron chi connectivity index (χ2n) is 1.66. The van der Waals surface area contributed by atoms with Gasteiger partial charge in [-0.05, 0) is 6.92 Å². The van der Waals surface area contributed by atoms with E-state index in [-0.39, 0.29) is 0 Å². The summed E-state index contributed by atoms with van der Waals surface area (Å²) in [4.78, 5) is 18.2. The number of hydrogen-bond donors (Lipinski definition) is 2. The maximum atomic E-state index is 9.10. The molecule has 4 heteroatoms. The minimum absolute atomic E-state index is 1.02. The summed E-state index contributed by atoms with van der Waals surface area (Å²) < 4.78 is 0. The molecule has 0 bridgehead atoms. The molecule has 0 spiro atoms. The highest BCUT2D eigenvalue weighted by Gasteiger charge is 2.04. The molecule has 0 fully saturated rings. The zero-order chi connectivity index (χ0) is 9.44. The maximum absolute atomic E-state index is 9.10. The summed E-state index contributed by atoms with van der Waals surface area (Å²) in [6.45, 7) is 8.93. The number of carboxylic acids is 2. The molecule has 0 saturated carbocycles. The predicted octanol–water partition coefficient (Wildman–Crippen LogP) is 0.904. The van der Waals surface area contributed by atoms with Gasteiger partial charge in [0.2, 0.25) is 0 Å².